The molecule has 0 atom stereocenters. The fourth-order valence-corrected chi connectivity index (χ4v) is 0.158. The standard InChI is InChI=1S/C4H10O.CHCl3.CH2O2/c1-2-3-4-5;2-1(3)4;2-1-3/h5H,2-4H2,1H3;1H;1H,(H,2,3). The molecule has 0 spiro atoms. The lowest BCUT2D eigenvalue weighted by atomic mass is 10.4. The van der Waals surface area contributed by atoms with Gasteiger partial charge in [0.05, 0.1) is 0 Å². The molecule has 0 rings (SSSR count). The number of rotatable bonds is 2. The van der Waals surface area contributed by atoms with Gasteiger partial charge in [-0.15, -0.1) is 0 Å². The van der Waals surface area contributed by atoms with Crippen molar-refractivity contribution >= 4 is 41.3 Å². The van der Waals surface area contributed by atoms with E-state index in [1.165, 1.54) is 0 Å². The van der Waals surface area contributed by atoms with Crippen LogP contribution in [0.25, 0.3) is 0 Å². The van der Waals surface area contributed by atoms with Gasteiger partial charge in [-0.3, -0.25) is 4.79 Å². The summed E-state index contributed by atoms with van der Waals surface area (Å²) in [5, 5.41) is 15.0. The molecule has 0 amide bonds. The quantitative estimate of drug-likeness (QED) is 0.575. The minimum absolute atomic E-state index is 0.250. The maximum Gasteiger partial charge on any atom is 0.290 e. The van der Waals surface area contributed by atoms with Crippen molar-refractivity contribution in [3.63, 3.8) is 0 Å². The van der Waals surface area contributed by atoms with Gasteiger partial charge in [0, 0.05) is 6.61 Å². The van der Waals surface area contributed by atoms with E-state index in [9.17, 15) is 0 Å². The van der Waals surface area contributed by atoms with Crippen molar-refractivity contribution in [2.75, 3.05) is 6.61 Å². The van der Waals surface area contributed by atoms with Gasteiger partial charge in [0.25, 0.3) is 6.47 Å². The van der Waals surface area contributed by atoms with Crippen LogP contribution in [-0.2, 0) is 4.79 Å². The second-order valence-electron chi connectivity index (χ2n) is 1.43. The topological polar surface area (TPSA) is 57.5 Å². The second-order valence-corrected chi connectivity index (χ2v) is 3.41. The van der Waals surface area contributed by atoms with Crippen molar-refractivity contribution < 1.29 is 15.0 Å². The predicted octanol–water partition coefficient (Wildman–Crippen LogP) is 2.47. The van der Waals surface area contributed by atoms with E-state index in [1.807, 2.05) is 0 Å². The molecule has 0 aliphatic carbocycles. The first kappa shape index (κ1) is 18.2. The SMILES string of the molecule is CCCCO.ClC(Cl)Cl.O=CO. The average Bonchev–Trinajstić information content (AvgIpc) is 1.89. The first-order valence-corrected chi connectivity index (χ1v) is 4.48. The van der Waals surface area contributed by atoms with Gasteiger partial charge < -0.3 is 10.2 Å². The Morgan fingerprint density at radius 3 is 1.67 bits per heavy atom. The van der Waals surface area contributed by atoms with Crippen LogP contribution in [0.1, 0.15) is 19.8 Å². The number of carboxylic acid groups (broad SMARTS) is 1. The summed E-state index contributed by atoms with van der Waals surface area (Å²) in [4.78, 5) is 8.36. The Bertz CT molecular complexity index is 66.3. The zero-order valence-electron chi connectivity index (χ0n) is 6.71. The van der Waals surface area contributed by atoms with Gasteiger partial charge >= 0.3 is 0 Å². The summed E-state index contributed by atoms with van der Waals surface area (Å²) in [6, 6.07) is 0. The number of carbonyl (C=O) groups is 1. The monoisotopic (exact) mass is 238 g/mol. The summed E-state index contributed by atoms with van der Waals surface area (Å²) >= 11 is 14.4. The zero-order valence-corrected chi connectivity index (χ0v) is 8.98. The van der Waals surface area contributed by atoms with Gasteiger partial charge in [-0.2, -0.15) is 0 Å². The molecule has 0 aromatic rings. The van der Waals surface area contributed by atoms with E-state index in [2.05, 4.69) is 6.92 Å². The van der Waals surface area contributed by atoms with E-state index >= 15 is 0 Å². The fourth-order valence-electron chi connectivity index (χ4n) is 0.158. The van der Waals surface area contributed by atoms with E-state index in [1.54, 1.807) is 0 Å². The van der Waals surface area contributed by atoms with Gasteiger partial charge in [0.2, 0.25) is 0 Å². The molecular weight excluding hydrogens is 226 g/mol. The Hall–Kier alpha value is 0.300. The molecule has 0 aliphatic heterocycles. The molecule has 0 saturated carbocycles. The zero-order chi connectivity index (χ0) is 10.4. The lowest BCUT2D eigenvalue weighted by molar-refractivity contribution is -0.122. The van der Waals surface area contributed by atoms with Gasteiger partial charge in [0.15, 0.2) is 4.30 Å². The number of hydrogen-bond acceptors (Lipinski definition) is 2. The molecule has 0 unspecified atom stereocenters. The highest BCUT2D eigenvalue weighted by atomic mass is 35.6. The van der Waals surface area contributed by atoms with E-state index < -0.39 is 4.30 Å². The van der Waals surface area contributed by atoms with Crippen LogP contribution >= 0.6 is 34.8 Å². The van der Waals surface area contributed by atoms with Crippen LogP contribution in [0.4, 0.5) is 0 Å². The molecule has 0 fully saturated rings. The van der Waals surface area contributed by atoms with Gasteiger partial charge in [0.1, 0.15) is 0 Å². The second kappa shape index (κ2) is 22.5. The third kappa shape index (κ3) is 168. The molecule has 6 heteroatoms. The van der Waals surface area contributed by atoms with Crippen LogP contribution in [0.5, 0.6) is 0 Å². The fraction of sp³-hybridized carbons (Fsp3) is 0.833. The number of aliphatic hydroxyl groups is 1. The minimum Gasteiger partial charge on any atom is -0.483 e. The Labute approximate surface area is 87.2 Å². The molecule has 0 aromatic heterocycles. The molecule has 0 aromatic carbocycles. The first-order chi connectivity index (χ1) is 5.56. The Morgan fingerprint density at radius 2 is 1.67 bits per heavy atom. The van der Waals surface area contributed by atoms with Crippen LogP contribution in [0.3, 0.4) is 0 Å². The van der Waals surface area contributed by atoms with Crippen molar-refractivity contribution in [1.29, 1.82) is 0 Å². The van der Waals surface area contributed by atoms with E-state index in [0.29, 0.717) is 6.61 Å². The van der Waals surface area contributed by atoms with Crippen LogP contribution in [0.2, 0.25) is 0 Å². The van der Waals surface area contributed by atoms with Crippen LogP contribution < -0.4 is 0 Å². The lowest BCUT2D eigenvalue weighted by Crippen LogP contribution is -1.75. The van der Waals surface area contributed by atoms with Crippen molar-refractivity contribution in [1.82, 2.24) is 0 Å². The van der Waals surface area contributed by atoms with Crippen molar-refractivity contribution in [2.24, 2.45) is 0 Å². The largest absolute Gasteiger partial charge is 0.483 e. The molecule has 12 heavy (non-hydrogen) atoms. The summed E-state index contributed by atoms with van der Waals surface area (Å²) in [6.45, 7) is 2.15. The predicted molar refractivity (Wildman–Crippen MR) is 52.0 cm³/mol. The van der Waals surface area contributed by atoms with Gasteiger partial charge in [-0.05, 0) is 6.42 Å². The van der Waals surface area contributed by atoms with Crippen LogP contribution in [0, 0.1) is 0 Å². The molecule has 3 nitrogen and oxygen atoms in total. The van der Waals surface area contributed by atoms with E-state index in [4.69, 9.17) is 49.8 Å². The summed E-state index contributed by atoms with van der Waals surface area (Å²) < 4.78 is -0.750. The molecular formula is C6H13Cl3O3. The highest BCUT2D eigenvalue weighted by molar-refractivity contribution is 6.63. The Morgan fingerprint density at radius 1 is 1.42 bits per heavy atom. The summed E-state index contributed by atoms with van der Waals surface area (Å²) in [5.74, 6) is 0. The summed E-state index contributed by atoms with van der Waals surface area (Å²) in [5.41, 5.74) is 0. The molecule has 0 saturated heterocycles. The highest BCUT2D eigenvalue weighted by Crippen LogP contribution is 2.03. The number of hydrogen-bond donors (Lipinski definition) is 2. The van der Waals surface area contributed by atoms with Crippen molar-refractivity contribution in [3.05, 3.63) is 0 Å². The molecule has 0 bridgehead atoms. The average molecular weight is 240 g/mol. The maximum atomic E-state index is 8.36. The summed E-state index contributed by atoms with van der Waals surface area (Å²) in [7, 11) is 0. The first-order valence-electron chi connectivity index (χ1n) is 3.17. The molecule has 2 N–H and O–H groups in total. The van der Waals surface area contributed by atoms with Crippen LogP contribution in [-0.4, -0.2) is 27.6 Å². The molecule has 76 valence electrons. The number of unbranched alkanes of at least 4 members (excludes halogenated alkanes) is 1. The van der Waals surface area contributed by atoms with Crippen molar-refractivity contribution in [2.45, 2.75) is 24.1 Å². The highest BCUT2D eigenvalue weighted by Gasteiger charge is 1.78. The number of halogens is 3. The molecule has 0 aliphatic rings. The molecule has 0 radical (unpaired) electrons. The maximum absolute atomic E-state index is 8.36. The Kier molecular flexibility index (Phi) is 34.0. The van der Waals surface area contributed by atoms with Crippen molar-refractivity contribution in [3.8, 4) is 0 Å². The molecule has 0 heterocycles. The summed E-state index contributed by atoms with van der Waals surface area (Å²) in [6.07, 6.45) is 2.04. The normalized spacial score (nSPS) is 7.50. The van der Waals surface area contributed by atoms with Crippen LogP contribution in [0.15, 0.2) is 0 Å². The number of aliphatic hydroxyl groups excluding tert-OH is 1. The lowest BCUT2D eigenvalue weighted by Gasteiger charge is -1.79. The minimum atomic E-state index is -0.750. The third-order valence-corrected chi connectivity index (χ3v) is 0.512. The van der Waals surface area contributed by atoms with E-state index in [0.717, 1.165) is 12.8 Å². The number of alkyl halides is 3. The third-order valence-electron chi connectivity index (χ3n) is 0.512. The smallest absolute Gasteiger partial charge is 0.290 e. The van der Waals surface area contributed by atoms with Gasteiger partial charge in [-0.25, -0.2) is 0 Å². The van der Waals surface area contributed by atoms with E-state index in [-0.39, 0.29) is 6.47 Å². The Balaban J connectivity index is -0.000000105. The van der Waals surface area contributed by atoms with Gasteiger partial charge in [-0.1, -0.05) is 48.1 Å².